The molecule has 21 heavy (non-hydrogen) atoms. The van der Waals surface area contributed by atoms with E-state index in [-0.39, 0.29) is 12.3 Å². The van der Waals surface area contributed by atoms with Crippen LogP contribution in [0.2, 0.25) is 0 Å². The Balaban J connectivity index is 2.05. The monoisotopic (exact) mass is 286 g/mol. The quantitative estimate of drug-likeness (QED) is 0.849. The first kappa shape index (κ1) is 13.5. The predicted molar refractivity (Wildman–Crippen MR) is 77.7 cm³/mol. The third-order valence-corrected chi connectivity index (χ3v) is 3.22. The van der Waals surface area contributed by atoms with Gasteiger partial charge in [-0.15, -0.1) is 0 Å². The van der Waals surface area contributed by atoms with Crippen LogP contribution in [0.3, 0.4) is 0 Å². The molecule has 0 amide bonds. The average Bonchev–Trinajstić information content (AvgIpc) is 2.61. The highest BCUT2D eigenvalue weighted by Gasteiger charge is 2.32. The minimum Gasteiger partial charge on any atom is -0.497 e. The summed E-state index contributed by atoms with van der Waals surface area (Å²) in [5.41, 5.74) is 1.91. The minimum atomic E-state index is -1.85. The molecular weight excluding hydrogens is 271 g/mol. The number of aliphatic imine (C=N–C) groups is 1. The SMILES string of the molecule is COc1ccc(C2=Nc3cccnc3CC(C)(F)O2)cc1. The zero-order valence-electron chi connectivity index (χ0n) is 11.8. The van der Waals surface area contributed by atoms with Gasteiger partial charge in [-0.1, -0.05) is 0 Å². The highest BCUT2D eigenvalue weighted by molar-refractivity contribution is 5.96. The summed E-state index contributed by atoms with van der Waals surface area (Å²) in [6, 6.07) is 10.7. The van der Waals surface area contributed by atoms with Gasteiger partial charge in [0.15, 0.2) is 0 Å². The molecule has 0 aliphatic carbocycles. The van der Waals surface area contributed by atoms with E-state index >= 15 is 0 Å². The molecule has 0 spiro atoms. The molecule has 3 rings (SSSR count). The topological polar surface area (TPSA) is 43.7 Å². The van der Waals surface area contributed by atoms with E-state index in [1.54, 1.807) is 49.7 Å². The van der Waals surface area contributed by atoms with Crippen LogP contribution in [0.1, 0.15) is 18.2 Å². The summed E-state index contributed by atoms with van der Waals surface area (Å²) >= 11 is 0. The molecule has 1 aromatic carbocycles. The molecule has 5 heteroatoms. The van der Waals surface area contributed by atoms with Gasteiger partial charge in [-0.2, -0.15) is 4.39 Å². The molecule has 0 saturated carbocycles. The minimum absolute atomic E-state index is 0.0618. The van der Waals surface area contributed by atoms with E-state index in [9.17, 15) is 4.39 Å². The summed E-state index contributed by atoms with van der Waals surface area (Å²) in [4.78, 5) is 8.59. The van der Waals surface area contributed by atoms with Crippen molar-refractivity contribution in [2.24, 2.45) is 4.99 Å². The van der Waals surface area contributed by atoms with Crippen molar-refractivity contribution in [1.29, 1.82) is 0 Å². The molecule has 4 nitrogen and oxygen atoms in total. The highest BCUT2D eigenvalue weighted by atomic mass is 19.2. The molecule has 0 bridgehead atoms. The second-order valence-electron chi connectivity index (χ2n) is 5.00. The summed E-state index contributed by atoms with van der Waals surface area (Å²) in [6.45, 7) is 1.38. The number of rotatable bonds is 2. The maximum absolute atomic E-state index is 14.5. The van der Waals surface area contributed by atoms with E-state index in [2.05, 4.69) is 9.98 Å². The summed E-state index contributed by atoms with van der Waals surface area (Å²) in [5.74, 6) is -0.884. The van der Waals surface area contributed by atoms with E-state index in [4.69, 9.17) is 9.47 Å². The number of hydrogen-bond acceptors (Lipinski definition) is 4. The number of pyridine rings is 1. The van der Waals surface area contributed by atoms with Gasteiger partial charge in [0.2, 0.25) is 5.90 Å². The highest BCUT2D eigenvalue weighted by Crippen LogP contribution is 2.31. The third-order valence-electron chi connectivity index (χ3n) is 3.22. The zero-order valence-corrected chi connectivity index (χ0v) is 11.8. The Bertz CT molecular complexity index is 681. The van der Waals surface area contributed by atoms with Crippen molar-refractivity contribution in [1.82, 2.24) is 4.98 Å². The Labute approximate surface area is 122 Å². The summed E-state index contributed by atoms with van der Waals surface area (Å²) < 4.78 is 25.1. The fraction of sp³-hybridized carbons (Fsp3) is 0.250. The van der Waals surface area contributed by atoms with Crippen molar-refractivity contribution < 1.29 is 13.9 Å². The third kappa shape index (κ3) is 2.86. The largest absolute Gasteiger partial charge is 0.497 e. The Hall–Kier alpha value is -2.43. The smallest absolute Gasteiger partial charge is 0.253 e. The number of fused-ring (bicyclic) bond motifs is 1. The van der Waals surface area contributed by atoms with Gasteiger partial charge in [0.05, 0.1) is 24.9 Å². The lowest BCUT2D eigenvalue weighted by molar-refractivity contribution is -0.0534. The van der Waals surface area contributed by atoms with Crippen LogP contribution in [0.25, 0.3) is 0 Å². The van der Waals surface area contributed by atoms with Crippen LogP contribution in [0.5, 0.6) is 5.75 Å². The fourth-order valence-corrected chi connectivity index (χ4v) is 2.19. The fourth-order valence-electron chi connectivity index (χ4n) is 2.19. The summed E-state index contributed by atoms with van der Waals surface area (Å²) in [5, 5.41) is 0. The van der Waals surface area contributed by atoms with Crippen LogP contribution in [0.4, 0.5) is 10.1 Å². The average molecular weight is 286 g/mol. The first-order chi connectivity index (χ1) is 10.1. The first-order valence-corrected chi connectivity index (χ1v) is 6.62. The maximum Gasteiger partial charge on any atom is 0.253 e. The number of benzene rings is 1. The zero-order chi connectivity index (χ0) is 14.9. The van der Waals surface area contributed by atoms with Gasteiger partial charge < -0.3 is 9.47 Å². The Morgan fingerprint density at radius 2 is 2.00 bits per heavy atom. The van der Waals surface area contributed by atoms with Crippen LogP contribution in [0.15, 0.2) is 47.6 Å². The van der Waals surface area contributed by atoms with Crippen LogP contribution < -0.4 is 4.74 Å². The van der Waals surface area contributed by atoms with Crippen molar-refractivity contribution in [3.05, 3.63) is 53.9 Å². The van der Waals surface area contributed by atoms with Crippen LogP contribution in [0, 0.1) is 0 Å². The van der Waals surface area contributed by atoms with Gasteiger partial charge in [-0.25, -0.2) is 4.99 Å². The molecule has 1 unspecified atom stereocenters. The molecule has 0 N–H and O–H groups in total. The second kappa shape index (κ2) is 5.16. The van der Waals surface area contributed by atoms with E-state index in [0.717, 1.165) is 5.75 Å². The number of methoxy groups -OCH3 is 1. The van der Waals surface area contributed by atoms with Gasteiger partial charge in [0.25, 0.3) is 5.85 Å². The molecule has 2 heterocycles. The van der Waals surface area contributed by atoms with Crippen molar-refractivity contribution in [3.8, 4) is 5.75 Å². The number of ether oxygens (including phenoxy) is 2. The molecule has 0 fully saturated rings. The Morgan fingerprint density at radius 3 is 2.71 bits per heavy atom. The number of aromatic nitrogens is 1. The number of hydrogen-bond donors (Lipinski definition) is 0. The predicted octanol–water partition coefficient (Wildman–Crippen LogP) is 3.43. The van der Waals surface area contributed by atoms with Crippen molar-refractivity contribution in [2.45, 2.75) is 19.2 Å². The van der Waals surface area contributed by atoms with Crippen LogP contribution in [-0.4, -0.2) is 23.8 Å². The van der Waals surface area contributed by atoms with Crippen molar-refractivity contribution in [2.75, 3.05) is 7.11 Å². The Kier molecular flexibility index (Phi) is 3.33. The van der Waals surface area contributed by atoms with E-state index in [0.29, 0.717) is 16.9 Å². The molecule has 2 aromatic rings. The molecule has 0 radical (unpaired) electrons. The maximum atomic E-state index is 14.5. The number of alkyl halides is 1. The second-order valence-corrected chi connectivity index (χ2v) is 5.00. The normalized spacial score (nSPS) is 20.8. The van der Waals surface area contributed by atoms with E-state index in [1.165, 1.54) is 6.92 Å². The lowest BCUT2D eigenvalue weighted by Gasteiger charge is -2.20. The molecule has 1 aromatic heterocycles. The first-order valence-electron chi connectivity index (χ1n) is 6.62. The summed E-state index contributed by atoms with van der Waals surface area (Å²) in [7, 11) is 1.59. The van der Waals surface area contributed by atoms with Gasteiger partial charge >= 0.3 is 0 Å². The van der Waals surface area contributed by atoms with Crippen LogP contribution in [-0.2, 0) is 11.2 Å². The molecule has 1 atom stereocenters. The molecule has 0 saturated heterocycles. The summed E-state index contributed by atoms with van der Waals surface area (Å²) in [6.07, 6.45) is 1.69. The van der Waals surface area contributed by atoms with Crippen LogP contribution >= 0.6 is 0 Å². The number of nitrogens with zero attached hydrogens (tertiary/aromatic N) is 2. The van der Waals surface area contributed by atoms with Gasteiger partial charge in [0.1, 0.15) is 5.75 Å². The van der Waals surface area contributed by atoms with Gasteiger partial charge in [-0.3, -0.25) is 4.98 Å². The standard InChI is InChI=1S/C16H15FN2O2/c1-16(17)10-14-13(4-3-9-18-14)19-15(21-16)11-5-7-12(20-2)8-6-11/h3-9H,10H2,1-2H3. The lowest BCUT2D eigenvalue weighted by atomic mass is 10.1. The molecule has 1 aliphatic heterocycles. The van der Waals surface area contributed by atoms with E-state index in [1.807, 2.05) is 0 Å². The molecule has 1 aliphatic rings. The van der Waals surface area contributed by atoms with Gasteiger partial charge in [-0.05, 0) is 36.4 Å². The Morgan fingerprint density at radius 1 is 1.24 bits per heavy atom. The van der Waals surface area contributed by atoms with E-state index < -0.39 is 5.85 Å². The molecular formula is C16H15FN2O2. The lowest BCUT2D eigenvalue weighted by Crippen LogP contribution is -2.28. The van der Waals surface area contributed by atoms with Gasteiger partial charge in [0, 0.05) is 18.7 Å². The van der Waals surface area contributed by atoms with Crippen molar-refractivity contribution in [3.63, 3.8) is 0 Å². The van der Waals surface area contributed by atoms with Crippen molar-refractivity contribution >= 4 is 11.6 Å². The number of halogens is 1. The molecule has 108 valence electrons.